The Kier molecular flexibility index (Phi) is 4.75. The summed E-state index contributed by atoms with van der Waals surface area (Å²) in [6.45, 7) is 0.562. The highest BCUT2D eigenvalue weighted by Crippen LogP contribution is 2.33. The smallest absolute Gasteiger partial charge is 0.475 e. The lowest BCUT2D eigenvalue weighted by Crippen LogP contribution is -2.49. The molecule has 7 nitrogen and oxygen atoms in total. The molecule has 0 saturated heterocycles. The molecule has 2 saturated carbocycles. The SMILES string of the molecule is O=C(NC1CC(OC(F)(F)F)C1)c1ccnc2c(Br)c(OCC3CC3)nn12. The van der Waals surface area contributed by atoms with Crippen LogP contribution in [0.4, 0.5) is 13.2 Å². The zero-order chi connectivity index (χ0) is 19.2. The van der Waals surface area contributed by atoms with Crippen molar-refractivity contribution in [3.05, 3.63) is 22.4 Å². The Bertz CT molecular complexity index is 862. The van der Waals surface area contributed by atoms with Crippen molar-refractivity contribution in [1.29, 1.82) is 0 Å². The molecular weight excluding hydrogens is 433 g/mol. The number of nitrogens with one attached hydrogen (secondary N) is 1. The fraction of sp³-hybridized carbons (Fsp3) is 0.562. The van der Waals surface area contributed by atoms with Gasteiger partial charge in [0.2, 0.25) is 5.88 Å². The van der Waals surface area contributed by atoms with Gasteiger partial charge in [-0.25, -0.2) is 9.50 Å². The van der Waals surface area contributed by atoms with E-state index in [2.05, 4.69) is 36.1 Å². The second-order valence-corrected chi connectivity index (χ2v) is 7.56. The molecule has 146 valence electrons. The van der Waals surface area contributed by atoms with Crippen molar-refractivity contribution in [3.8, 4) is 5.88 Å². The summed E-state index contributed by atoms with van der Waals surface area (Å²) in [7, 11) is 0. The predicted molar refractivity (Wildman–Crippen MR) is 90.3 cm³/mol. The lowest BCUT2D eigenvalue weighted by atomic mass is 9.89. The van der Waals surface area contributed by atoms with Gasteiger partial charge in [-0.05, 0) is 53.6 Å². The molecule has 0 unspecified atom stereocenters. The number of aromatic nitrogens is 3. The number of alkyl halides is 3. The van der Waals surface area contributed by atoms with E-state index in [-0.39, 0.29) is 24.6 Å². The zero-order valence-electron chi connectivity index (χ0n) is 14.0. The van der Waals surface area contributed by atoms with Crippen molar-refractivity contribution < 1.29 is 27.4 Å². The van der Waals surface area contributed by atoms with E-state index < -0.39 is 18.4 Å². The molecule has 0 aliphatic heterocycles. The van der Waals surface area contributed by atoms with E-state index >= 15 is 0 Å². The highest BCUT2D eigenvalue weighted by atomic mass is 79.9. The normalized spacial score (nSPS) is 22.5. The minimum Gasteiger partial charge on any atom is -0.475 e. The first-order chi connectivity index (χ1) is 12.8. The quantitative estimate of drug-likeness (QED) is 0.734. The van der Waals surface area contributed by atoms with Gasteiger partial charge in [0.05, 0.1) is 12.7 Å². The van der Waals surface area contributed by atoms with E-state index in [1.54, 1.807) is 0 Å². The van der Waals surface area contributed by atoms with Crippen LogP contribution in [-0.4, -0.2) is 45.6 Å². The summed E-state index contributed by atoms with van der Waals surface area (Å²) in [5.74, 6) is 0.460. The van der Waals surface area contributed by atoms with E-state index in [0.717, 1.165) is 12.8 Å². The average Bonchev–Trinajstić information content (AvgIpc) is 3.33. The summed E-state index contributed by atoms with van der Waals surface area (Å²) in [5, 5.41) is 7.00. The van der Waals surface area contributed by atoms with Crippen molar-refractivity contribution in [3.63, 3.8) is 0 Å². The third-order valence-corrected chi connectivity index (χ3v) is 5.24. The van der Waals surface area contributed by atoms with Crippen molar-refractivity contribution in [2.75, 3.05) is 6.61 Å². The number of halogens is 4. The molecule has 2 aliphatic rings. The lowest BCUT2D eigenvalue weighted by Gasteiger charge is -2.35. The van der Waals surface area contributed by atoms with Gasteiger partial charge in [0.1, 0.15) is 10.2 Å². The molecule has 2 heterocycles. The van der Waals surface area contributed by atoms with Crippen molar-refractivity contribution >= 4 is 27.5 Å². The van der Waals surface area contributed by atoms with Crippen molar-refractivity contribution in [2.24, 2.45) is 5.92 Å². The van der Waals surface area contributed by atoms with Gasteiger partial charge in [0.15, 0.2) is 5.65 Å². The predicted octanol–water partition coefficient (Wildman–Crippen LogP) is 3.08. The molecule has 4 rings (SSSR count). The van der Waals surface area contributed by atoms with E-state index in [1.165, 1.54) is 16.8 Å². The molecule has 0 atom stereocenters. The van der Waals surface area contributed by atoms with Crippen molar-refractivity contribution in [1.82, 2.24) is 19.9 Å². The van der Waals surface area contributed by atoms with Gasteiger partial charge >= 0.3 is 6.36 Å². The first-order valence-corrected chi connectivity index (χ1v) is 9.31. The summed E-state index contributed by atoms with van der Waals surface area (Å²) in [4.78, 5) is 16.7. The second kappa shape index (κ2) is 6.93. The summed E-state index contributed by atoms with van der Waals surface area (Å²) in [6, 6.07) is 1.12. The van der Waals surface area contributed by atoms with E-state index in [9.17, 15) is 18.0 Å². The van der Waals surface area contributed by atoms with Gasteiger partial charge in [-0.2, -0.15) is 0 Å². The van der Waals surface area contributed by atoms with Gasteiger partial charge < -0.3 is 10.1 Å². The molecule has 2 aromatic rings. The number of fused-ring (bicyclic) bond motifs is 1. The van der Waals surface area contributed by atoms with Crippen molar-refractivity contribution in [2.45, 2.75) is 44.2 Å². The monoisotopic (exact) mass is 448 g/mol. The Hall–Kier alpha value is -1.88. The molecule has 0 radical (unpaired) electrons. The molecule has 1 N–H and O–H groups in total. The van der Waals surface area contributed by atoms with Crippen LogP contribution in [0.15, 0.2) is 16.7 Å². The Labute approximate surface area is 160 Å². The maximum atomic E-state index is 12.5. The van der Waals surface area contributed by atoms with E-state index in [1.807, 2.05) is 0 Å². The third-order valence-electron chi connectivity index (χ3n) is 4.55. The first-order valence-electron chi connectivity index (χ1n) is 8.51. The topological polar surface area (TPSA) is 77.8 Å². The minimum atomic E-state index is -4.66. The standard InChI is InChI=1S/C16H16BrF3N4O3/c17-12-13-21-4-3-11(24(13)23-15(12)26-7-8-1-2-8)14(25)22-9-5-10(6-9)27-16(18,19)20/h3-4,8-10H,1-2,5-7H2,(H,22,25). The van der Waals surface area contributed by atoms with Crippen LogP contribution >= 0.6 is 15.9 Å². The summed E-state index contributed by atoms with van der Waals surface area (Å²) in [6.07, 6.45) is -1.62. The van der Waals surface area contributed by atoms with Gasteiger partial charge in [-0.3, -0.25) is 9.53 Å². The summed E-state index contributed by atoms with van der Waals surface area (Å²) in [5.41, 5.74) is 0.655. The zero-order valence-corrected chi connectivity index (χ0v) is 15.6. The molecule has 0 aromatic carbocycles. The van der Waals surface area contributed by atoms with Crippen LogP contribution in [0.25, 0.3) is 5.65 Å². The molecular formula is C16H16BrF3N4O3. The van der Waals surface area contributed by atoms with Crippen LogP contribution in [0.3, 0.4) is 0 Å². The van der Waals surface area contributed by atoms with Gasteiger partial charge in [-0.15, -0.1) is 18.3 Å². The number of nitrogens with zero attached hydrogens (tertiary/aromatic N) is 3. The van der Waals surface area contributed by atoms with Crippen LogP contribution in [0.5, 0.6) is 5.88 Å². The van der Waals surface area contributed by atoms with Gasteiger partial charge in [0, 0.05) is 12.2 Å². The number of hydrogen-bond donors (Lipinski definition) is 1. The summed E-state index contributed by atoms with van der Waals surface area (Å²) >= 11 is 3.39. The number of carbonyl (C=O) groups excluding carboxylic acids is 1. The molecule has 2 aliphatic carbocycles. The minimum absolute atomic E-state index is 0.109. The maximum absolute atomic E-state index is 12.5. The largest absolute Gasteiger partial charge is 0.522 e. The third kappa shape index (κ3) is 4.18. The second-order valence-electron chi connectivity index (χ2n) is 6.77. The highest BCUT2D eigenvalue weighted by Gasteiger charge is 2.40. The number of amides is 1. The average molecular weight is 449 g/mol. The summed E-state index contributed by atoms with van der Waals surface area (Å²) < 4.78 is 48.0. The Balaban J connectivity index is 1.43. The highest BCUT2D eigenvalue weighted by molar-refractivity contribution is 9.10. The van der Waals surface area contributed by atoms with Gasteiger partial charge in [0.25, 0.3) is 5.91 Å². The molecule has 2 fully saturated rings. The number of ether oxygens (including phenoxy) is 2. The molecule has 0 spiro atoms. The van der Waals surface area contributed by atoms with Crippen LogP contribution in [0.1, 0.15) is 36.2 Å². The molecule has 2 aromatic heterocycles. The number of rotatable bonds is 6. The number of hydrogen-bond acceptors (Lipinski definition) is 5. The first kappa shape index (κ1) is 18.5. The van der Waals surface area contributed by atoms with Crippen LogP contribution in [0, 0.1) is 5.92 Å². The maximum Gasteiger partial charge on any atom is 0.522 e. The molecule has 11 heteroatoms. The Morgan fingerprint density at radius 3 is 2.78 bits per heavy atom. The molecule has 0 bridgehead atoms. The molecule has 1 amide bonds. The molecule has 27 heavy (non-hydrogen) atoms. The van der Waals surface area contributed by atoms with Gasteiger partial charge in [-0.1, -0.05) is 0 Å². The van der Waals surface area contributed by atoms with Crippen LogP contribution in [0.2, 0.25) is 0 Å². The van der Waals surface area contributed by atoms with E-state index in [4.69, 9.17) is 4.74 Å². The van der Waals surface area contributed by atoms with E-state index in [0.29, 0.717) is 28.5 Å². The Morgan fingerprint density at radius 1 is 1.37 bits per heavy atom. The lowest BCUT2D eigenvalue weighted by molar-refractivity contribution is -0.351. The van der Waals surface area contributed by atoms with Crippen LogP contribution in [-0.2, 0) is 4.74 Å². The van der Waals surface area contributed by atoms with Crippen LogP contribution < -0.4 is 10.1 Å². The number of carbonyl (C=O) groups is 1. The Morgan fingerprint density at radius 2 is 2.11 bits per heavy atom. The fourth-order valence-corrected chi connectivity index (χ4v) is 3.34. The fourth-order valence-electron chi connectivity index (χ4n) is 2.87.